The number of esters is 1. The monoisotopic (exact) mass is 913 g/mol. The van der Waals surface area contributed by atoms with Gasteiger partial charge in [0.25, 0.3) is 5.91 Å². The average Bonchev–Trinajstić information content (AvgIpc) is 3.73. The number of carbonyl (C=O) groups is 2. The third-order valence-corrected chi connectivity index (χ3v) is 13.1. The molecule has 3 aromatic carbocycles. The second-order valence-corrected chi connectivity index (χ2v) is 17.5. The molecule has 0 spiro atoms. The van der Waals surface area contributed by atoms with Crippen LogP contribution in [0.2, 0.25) is 0 Å². The van der Waals surface area contributed by atoms with Crippen LogP contribution in [0.5, 0.6) is 17.2 Å². The lowest BCUT2D eigenvalue weighted by Gasteiger charge is -2.33. The molecule has 9 atom stereocenters. The first kappa shape index (κ1) is 46.5. The molecule has 2 fully saturated rings. The summed E-state index contributed by atoms with van der Waals surface area (Å²) in [6, 6.07) is 2.74. The number of amides is 1. The van der Waals surface area contributed by atoms with E-state index in [0.717, 1.165) is 13.1 Å². The topological polar surface area (TPSA) is 235 Å². The van der Waals surface area contributed by atoms with Crippen LogP contribution in [-0.4, -0.2) is 120 Å². The molecule has 0 aliphatic carbocycles. The Morgan fingerprint density at radius 3 is 2.47 bits per heavy atom. The van der Waals surface area contributed by atoms with E-state index in [0.29, 0.717) is 19.8 Å². The first-order valence-corrected chi connectivity index (χ1v) is 22.0. The Hall–Kier alpha value is -6.05. The molecule has 5 aliphatic heterocycles. The minimum absolute atomic E-state index is 0.0512. The van der Waals surface area contributed by atoms with Gasteiger partial charge in [0.1, 0.15) is 47.3 Å². The minimum atomic E-state index is -1.98. The van der Waals surface area contributed by atoms with Crippen LogP contribution in [-0.2, 0) is 33.3 Å². The van der Waals surface area contributed by atoms with Crippen molar-refractivity contribution < 1.29 is 62.5 Å². The first-order chi connectivity index (χ1) is 31.4. The highest BCUT2D eigenvalue weighted by Crippen LogP contribution is 2.43. The predicted molar refractivity (Wildman–Crippen MR) is 241 cm³/mol. The van der Waals surface area contributed by atoms with Crippen molar-refractivity contribution in [3.63, 3.8) is 0 Å². The van der Waals surface area contributed by atoms with Crippen molar-refractivity contribution >= 4 is 56.3 Å². The van der Waals surface area contributed by atoms with Gasteiger partial charge in [-0.3, -0.25) is 24.1 Å². The van der Waals surface area contributed by atoms with Gasteiger partial charge in [-0.2, -0.15) is 0 Å². The fraction of sp³-hybridized carbons (Fsp3) is 0.479. The number of carbonyl (C=O) groups excluding carboxylic acids is 2. The molecule has 0 radical (unpaired) electrons. The highest BCUT2D eigenvalue weighted by Gasteiger charge is 2.50. The van der Waals surface area contributed by atoms with Gasteiger partial charge in [-0.1, -0.05) is 39.0 Å². The Morgan fingerprint density at radius 2 is 1.76 bits per heavy atom. The molecule has 6 heterocycles. The summed E-state index contributed by atoms with van der Waals surface area (Å²) < 4.78 is 48.3. The summed E-state index contributed by atoms with van der Waals surface area (Å²) in [6.45, 7) is 14.7. The Labute approximate surface area is 379 Å². The molecule has 1 aromatic heterocycles. The normalized spacial score (nSPS) is 30.3. The highest BCUT2D eigenvalue weighted by atomic mass is 16.7. The lowest BCUT2D eigenvalue weighted by atomic mass is 9.86. The number of nitrogens with one attached hydrogen (secondary N) is 1. The van der Waals surface area contributed by atoms with Gasteiger partial charge in [-0.15, -0.1) is 0 Å². The van der Waals surface area contributed by atoms with E-state index in [-0.39, 0.29) is 73.4 Å². The number of hydrogen-bond donors (Lipinski definition) is 4. The molecule has 0 saturated carbocycles. The van der Waals surface area contributed by atoms with Gasteiger partial charge >= 0.3 is 11.8 Å². The molecular weight excluding hydrogens is 859 g/mol. The number of morpholine rings is 1. The summed E-state index contributed by atoms with van der Waals surface area (Å²) in [5.41, 5.74) is -2.27. The number of ether oxygens (including phenoxy) is 7. The Morgan fingerprint density at radius 1 is 1.02 bits per heavy atom. The molecule has 7 bridgehead atoms. The molecule has 4 N–H and O–H groups in total. The number of anilines is 1. The SMILES string of the molecule is CO[C@H]1/C=C/O[C@@]2(C)Oc3c(C)c(O)c4c(=O)c(c5oc6cc(OCCN7CCOCC7)cc(=O)c6nc5c4c3=C2O)NC(=O)/C(C)=C\C=C\[C@H](C)[C@@H]2O[C@H]([C@H](O)[C@@H]2C)[C@H](OC(C)=O)[C@@H]1C. The fourth-order valence-electron chi connectivity index (χ4n) is 9.24. The molecule has 2 saturated heterocycles. The fourth-order valence-corrected chi connectivity index (χ4v) is 9.24. The van der Waals surface area contributed by atoms with Gasteiger partial charge in [-0.25, -0.2) is 4.98 Å². The van der Waals surface area contributed by atoms with Crippen LogP contribution in [0.25, 0.3) is 38.7 Å². The Kier molecular flexibility index (Phi) is 12.9. The van der Waals surface area contributed by atoms with Gasteiger partial charge in [0.15, 0.2) is 22.4 Å². The molecule has 0 unspecified atom stereocenters. The second-order valence-electron chi connectivity index (χ2n) is 17.5. The summed E-state index contributed by atoms with van der Waals surface area (Å²) in [6.07, 6.45) is 3.47. The number of aliphatic hydroxyl groups is 2. The summed E-state index contributed by atoms with van der Waals surface area (Å²) in [5, 5.41) is 37.6. The van der Waals surface area contributed by atoms with Crippen molar-refractivity contribution in [3.05, 3.63) is 79.5 Å². The maximum Gasteiger partial charge on any atom is 0.307 e. The first-order valence-electron chi connectivity index (χ1n) is 22.0. The molecule has 66 heavy (non-hydrogen) atoms. The number of aliphatic hydroxyl groups excluding tert-OH is 2. The van der Waals surface area contributed by atoms with E-state index >= 15 is 0 Å². The van der Waals surface area contributed by atoms with Crippen LogP contribution in [0.3, 0.4) is 0 Å². The summed E-state index contributed by atoms with van der Waals surface area (Å²) in [7, 11) is 1.45. The van der Waals surface area contributed by atoms with Crippen LogP contribution in [0.1, 0.15) is 47.1 Å². The smallest absolute Gasteiger partial charge is 0.307 e. The van der Waals surface area contributed by atoms with Crippen LogP contribution in [0.15, 0.2) is 62.3 Å². The van der Waals surface area contributed by atoms with Crippen molar-refractivity contribution in [3.8, 4) is 17.2 Å². The largest absolute Gasteiger partial charge is 0.507 e. The number of allylic oxidation sites excluding steroid dienone is 2. The second kappa shape index (κ2) is 18.3. The van der Waals surface area contributed by atoms with Gasteiger partial charge < -0.3 is 58.2 Å². The van der Waals surface area contributed by atoms with Gasteiger partial charge in [0.2, 0.25) is 10.9 Å². The number of hydrogen-bond acceptors (Lipinski definition) is 17. The average molecular weight is 914 g/mol. The van der Waals surface area contributed by atoms with Crippen molar-refractivity contribution in [1.82, 2.24) is 9.88 Å². The lowest BCUT2D eigenvalue weighted by Crippen LogP contribution is -2.46. The Bertz CT molecular complexity index is 2870. The van der Waals surface area contributed by atoms with E-state index < -0.39 is 88.1 Å². The summed E-state index contributed by atoms with van der Waals surface area (Å²) >= 11 is 0. The van der Waals surface area contributed by atoms with E-state index in [1.807, 2.05) is 19.9 Å². The third-order valence-electron chi connectivity index (χ3n) is 13.1. The van der Waals surface area contributed by atoms with E-state index in [2.05, 4.69) is 10.2 Å². The molecule has 4 aromatic rings. The van der Waals surface area contributed by atoms with Crippen molar-refractivity contribution in [2.24, 2.45) is 17.8 Å². The molecule has 18 heteroatoms. The van der Waals surface area contributed by atoms with E-state index in [9.17, 15) is 34.5 Å². The van der Waals surface area contributed by atoms with Gasteiger partial charge in [0, 0.05) is 87.0 Å². The van der Waals surface area contributed by atoms with Crippen LogP contribution < -0.4 is 30.9 Å². The number of aromatic hydroxyl groups is 1. The zero-order chi connectivity index (χ0) is 47.4. The number of benzene rings is 3. The summed E-state index contributed by atoms with van der Waals surface area (Å²) in [5.74, 6) is -5.55. The molecular formula is C48H55N3O15. The van der Waals surface area contributed by atoms with Gasteiger partial charge in [-0.05, 0) is 19.9 Å². The van der Waals surface area contributed by atoms with Crippen molar-refractivity contribution in [2.45, 2.75) is 84.8 Å². The third kappa shape index (κ3) is 8.36. The molecule has 18 nitrogen and oxygen atoms in total. The number of phenolic OH excluding ortho intramolecular Hbond substituents is 1. The van der Waals surface area contributed by atoms with Crippen molar-refractivity contribution in [1.29, 1.82) is 0 Å². The molecule has 1 amide bonds. The number of methoxy groups -OCH3 is 1. The standard InChI is InChI=1S/C48H55N3O15/c1-22-10-9-11-23(2)47(58)50-37-40(56)33-32(36-44(37)64-31-21-28(20-29(53)35(31)49-36)61-19-15-51-13-17-60-18-14-51)34-42(25(4)38(33)54)66-48(7,46(34)57)62-16-12-30(59-8)24(3)43(63-27(6)52)45-39(55)26(5)41(22)65-45/h9-12,16,20-22,24,26,30,39,41,43,45,54-55,57H,13-15,17-19H2,1-8H3,(H,50,58)/b10-9+,16-12+,23-11-/t22-,24+,26-,30-,39+,41-,43+,45+,48-/m0/s1. The maximum atomic E-state index is 14.8. The number of phenols is 1. The number of fused-ring (bicyclic) bond motifs is 9. The lowest BCUT2D eigenvalue weighted by molar-refractivity contribution is -0.168. The number of nitrogens with zero attached hydrogens (tertiary/aromatic N) is 2. The van der Waals surface area contributed by atoms with Crippen LogP contribution >= 0.6 is 0 Å². The van der Waals surface area contributed by atoms with Crippen LogP contribution in [0, 0.1) is 24.7 Å². The van der Waals surface area contributed by atoms with Gasteiger partial charge in [0.05, 0.1) is 48.4 Å². The maximum absolute atomic E-state index is 14.8. The summed E-state index contributed by atoms with van der Waals surface area (Å²) in [4.78, 5) is 62.0. The van der Waals surface area contributed by atoms with Crippen LogP contribution in [0.4, 0.5) is 5.69 Å². The molecule has 5 aliphatic rings. The number of aromatic nitrogens is 1. The predicted octanol–water partition coefficient (Wildman–Crippen LogP) is 4.04. The highest BCUT2D eigenvalue weighted by molar-refractivity contribution is 6.16. The minimum Gasteiger partial charge on any atom is -0.507 e. The number of rotatable bonds is 6. The quantitative estimate of drug-likeness (QED) is 0.121. The van der Waals surface area contributed by atoms with E-state index in [1.54, 1.807) is 13.0 Å². The van der Waals surface area contributed by atoms with Crippen molar-refractivity contribution in [2.75, 3.05) is 51.9 Å². The van der Waals surface area contributed by atoms with E-state index in [4.69, 9.17) is 42.6 Å². The zero-order valence-corrected chi connectivity index (χ0v) is 38.0. The molecule has 352 valence electrons. The van der Waals surface area contributed by atoms with E-state index in [1.165, 1.54) is 65.4 Å². The Balaban J connectivity index is 1.32. The zero-order valence-electron chi connectivity index (χ0n) is 38.0. The molecule has 9 rings (SSSR count).